The van der Waals surface area contributed by atoms with E-state index in [1.54, 1.807) is 4.90 Å². The van der Waals surface area contributed by atoms with E-state index in [1.165, 1.54) is 7.11 Å². The van der Waals surface area contributed by atoms with Gasteiger partial charge in [-0.05, 0) is 12.0 Å². The molecule has 0 aromatic heterocycles. The van der Waals surface area contributed by atoms with Gasteiger partial charge in [0, 0.05) is 25.4 Å². The molecule has 2 rings (SSSR count). The van der Waals surface area contributed by atoms with Gasteiger partial charge in [-0.1, -0.05) is 30.3 Å². The van der Waals surface area contributed by atoms with E-state index < -0.39 is 0 Å². The van der Waals surface area contributed by atoms with E-state index in [2.05, 4.69) is 0 Å². The molecular weight excluding hydrogens is 230 g/mol. The first-order valence-corrected chi connectivity index (χ1v) is 6.11. The minimum Gasteiger partial charge on any atom is -0.453 e. The van der Waals surface area contributed by atoms with Crippen molar-refractivity contribution in [3.05, 3.63) is 35.9 Å². The number of Topliss-reactive ketones (excluding diaryl/α,β-unsaturated/α-hetero) is 1. The van der Waals surface area contributed by atoms with Gasteiger partial charge in [0.25, 0.3) is 0 Å². The molecule has 1 aromatic rings. The van der Waals surface area contributed by atoms with Crippen LogP contribution in [0.3, 0.4) is 0 Å². The molecule has 1 aliphatic heterocycles. The number of rotatable bonds is 2. The van der Waals surface area contributed by atoms with E-state index in [4.69, 9.17) is 4.74 Å². The monoisotopic (exact) mass is 247 g/mol. The standard InChI is InChI=1S/C14H17NO3/c1-18-14(17)15-8-7-13(16)10-12(15)9-11-5-3-2-4-6-11/h2-6,12H,7-10H2,1H3. The van der Waals surface area contributed by atoms with Gasteiger partial charge >= 0.3 is 6.09 Å². The van der Waals surface area contributed by atoms with Crippen molar-refractivity contribution in [2.24, 2.45) is 0 Å². The first-order valence-electron chi connectivity index (χ1n) is 6.11. The third-order valence-corrected chi connectivity index (χ3v) is 3.26. The molecular formula is C14H17NO3. The van der Waals surface area contributed by atoms with Crippen LogP contribution in [0.4, 0.5) is 4.79 Å². The Morgan fingerprint density at radius 1 is 1.39 bits per heavy atom. The summed E-state index contributed by atoms with van der Waals surface area (Å²) in [6.45, 7) is 0.461. The summed E-state index contributed by atoms with van der Waals surface area (Å²) in [4.78, 5) is 24.9. The van der Waals surface area contributed by atoms with Crippen LogP contribution in [0.25, 0.3) is 0 Å². The molecule has 0 bridgehead atoms. The van der Waals surface area contributed by atoms with Crippen molar-refractivity contribution in [1.29, 1.82) is 0 Å². The second kappa shape index (κ2) is 5.67. The summed E-state index contributed by atoms with van der Waals surface area (Å²) in [5.74, 6) is 0.219. The molecule has 1 aliphatic rings. The minimum atomic E-state index is -0.344. The SMILES string of the molecule is COC(=O)N1CCC(=O)CC1Cc1ccccc1. The van der Waals surface area contributed by atoms with Crippen LogP contribution in [-0.2, 0) is 16.0 Å². The number of ketones is 1. The number of ether oxygens (including phenoxy) is 1. The maximum atomic E-state index is 11.7. The lowest BCUT2D eigenvalue weighted by Crippen LogP contribution is -2.47. The van der Waals surface area contributed by atoms with Gasteiger partial charge in [-0.2, -0.15) is 0 Å². The van der Waals surface area contributed by atoms with Gasteiger partial charge in [0.05, 0.1) is 7.11 Å². The quantitative estimate of drug-likeness (QED) is 0.803. The van der Waals surface area contributed by atoms with Crippen molar-refractivity contribution in [1.82, 2.24) is 4.90 Å². The second-order valence-electron chi connectivity index (χ2n) is 4.50. The van der Waals surface area contributed by atoms with Crippen LogP contribution in [0, 0.1) is 0 Å². The van der Waals surface area contributed by atoms with Gasteiger partial charge in [0.15, 0.2) is 0 Å². The maximum absolute atomic E-state index is 11.7. The zero-order valence-corrected chi connectivity index (χ0v) is 10.5. The van der Waals surface area contributed by atoms with E-state index in [0.29, 0.717) is 25.8 Å². The minimum absolute atomic E-state index is 0.0823. The number of nitrogens with zero attached hydrogens (tertiary/aromatic N) is 1. The molecule has 1 saturated heterocycles. The van der Waals surface area contributed by atoms with Gasteiger partial charge < -0.3 is 9.64 Å². The number of methoxy groups -OCH3 is 1. The first kappa shape index (κ1) is 12.6. The lowest BCUT2D eigenvalue weighted by atomic mass is 9.95. The molecule has 4 nitrogen and oxygen atoms in total. The number of carbonyl (C=O) groups excluding carboxylic acids is 2. The summed E-state index contributed by atoms with van der Waals surface area (Å²) >= 11 is 0. The molecule has 4 heteroatoms. The molecule has 1 aromatic carbocycles. The highest BCUT2D eigenvalue weighted by molar-refractivity contribution is 5.82. The Labute approximate surface area is 107 Å². The van der Waals surface area contributed by atoms with Crippen LogP contribution in [0.5, 0.6) is 0 Å². The second-order valence-corrected chi connectivity index (χ2v) is 4.50. The van der Waals surface area contributed by atoms with Gasteiger partial charge in [0.2, 0.25) is 0 Å². The molecule has 0 spiro atoms. The van der Waals surface area contributed by atoms with Gasteiger partial charge in [-0.15, -0.1) is 0 Å². The number of hydrogen-bond acceptors (Lipinski definition) is 3. The average Bonchev–Trinajstić information content (AvgIpc) is 2.39. The fourth-order valence-electron chi connectivity index (χ4n) is 2.33. The Morgan fingerprint density at radius 2 is 2.11 bits per heavy atom. The molecule has 0 saturated carbocycles. The topological polar surface area (TPSA) is 46.6 Å². The van der Waals surface area contributed by atoms with Gasteiger partial charge in [-0.25, -0.2) is 4.79 Å². The summed E-state index contributed by atoms with van der Waals surface area (Å²) < 4.78 is 4.77. The molecule has 0 aliphatic carbocycles. The van der Waals surface area contributed by atoms with E-state index in [9.17, 15) is 9.59 Å². The van der Waals surface area contributed by atoms with Crippen LogP contribution in [0.1, 0.15) is 18.4 Å². The molecule has 0 radical (unpaired) electrons. The predicted octanol–water partition coefficient (Wildman–Crippen LogP) is 2.03. The summed E-state index contributed by atoms with van der Waals surface area (Å²) in [7, 11) is 1.37. The average molecular weight is 247 g/mol. The molecule has 1 heterocycles. The number of likely N-dealkylation sites (tertiary alicyclic amines) is 1. The lowest BCUT2D eigenvalue weighted by molar-refractivity contribution is -0.122. The van der Waals surface area contributed by atoms with Crippen molar-refractivity contribution in [2.45, 2.75) is 25.3 Å². The molecule has 1 amide bonds. The lowest BCUT2D eigenvalue weighted by Gasteiger charge is -2.33. The number of carbonyl (C=O) groups is 2. The molecule has 0 N–H and O–H groups in total. The van der Waals surface area contributed by atoms with E-state index in [0.717, 1.165) is 5.56 Å². The zero-order valence-electron chi connectivity index (χ0n) is 10.5. The van der Waals surface area contributed by atoms with Gasteiger partial charge in [0.1, 0.15) is 5.78 Å². The largest absolute Gasteiger partial charge is 0.453 e. The molecule has 1 atom stereocenters. The van der Waals surface area contributed by atoms with Crippen molar-refractivity contribution < 1.29 is 14.3 Å². The van der Waals surface area contributed by atoms with Crippen molar-refractivity contribution >= 4 is 11.9 Å². The van der Waals surface area contributed by atoms with Crippen LogP contribution < -0.4 is 0 Å². The fraction of sp³-hybridized carbons (Fsp3) is 0.429. The summed E-state index contributed by atoms with van der Waals surface area (Å²) in [6, 6.07) is 9.81. The smallest absolute Gasteiger partial charge is 0.409 e. The Balaban J connectivity index is 2.10. The highest BCUT2D eigenvalue weighted by Gasteiger charge is 2.31. The Kier molecular flexibility index (Phi) is 3.97. The third-order valence-electron chi connectivity index (χ3n) is 3.26. The highest BCUT2D eigenvalue weighted by Crippen LogP contribution is 2.19. The summed E-state index contributed by atoms with van der Waals surface area (Å²) in [6.07, 6.45) is 1.20. The van der Waals surface area contributed by atoms with Crippen LogP contribution in [0.15, 0.2) is 30.3 Å². The van der Waals surface area contributed by atoms with Crippen molar-refractivity contribution in [2.75, 3.05) is 13.7 Å². The maximum Gasteiger partial charge on any atom is 0.409 e. The predicted molar refractivity (Wildman–Crippen MR) is 67.3 cm³/mol. The summed E-state index contributed by atoms with van der Waals surface area (Å²) in [5, 5.41) is 0. The number of amides is 1. The van der Waals surface area contributed by atoms with E-state index in [1.807, 2.05) is 30.3 Å². The third kappa shape index (κ3) is 2.88. The van der Waals surface area contributed by atoms with Crippen molar-refractivity contribution in [3.63, 3.8) is 0 Å². The Hall–Kier alpha value is -1.84. The normalized spacial score (nSPS) is 19.7. The molecule has 18 heavy (non-hydrogen) atoms. The first-order chi connectivity index (χ1) is 8.70. The van der Waals surface area contributed by atoms with Crippen LogP contribution in [0.2, 0.25) is 0 Å². The zero-order chi connectivity index (χ0) is 13.0. The molecule has 1 fully saturated rings. The molecule has 96 valence electrons. The number of hydrogen-bond donors (Lipinski definition) is 0. The Bertz CT molecular complexity index is 430. The number of piperidine rings is 1. The van der Waals surface area contributed by atoms with Crippen LogP contribution >= 0.6 is 0 Å². The highest BCUT2D eigenvalue weighted by atomic mass is 16.5. The van der Waals surface area contributed by atoms with Gasteiger partial charge in [-0.3, -0.25) is 4.79 Å². The fourth-order valence-corrected chi connectivity index (χ4v) is 2.33. The molecule has 1 unspecified atom stereocenters. The van der Waals surface area contributed by atoms with E-state index >= 15 is 0 Å². The summed E-state index contributed by atoms with van der Waals surface area (Å²) in [5.41, 5.74) is 1.13. The van der Waals surface area contributed by atoms with E-state index in [-0.39, 0.29) is 17.9 Å². The van der Waals surface area contributed by atoms with Crippen molar-refractivity contribution in [3.8, 4) is 0 Å². The Morgan fingerprint density at radius 3 is 2.78 bits per heavy atom. The number of benzene rings is 1. The van der Waals surface area contributed by atoms with Crippen LogP contribution in [-0.4, -0.2) is 36.5 Å².